The fourth-order valence-corrected chi connectivity index (χ4v) is 3.75. The molecule has 0 unspecified atom stereocenters. The number of nitrogens with zero attached hydrogens (tertiary/aromatic N) is 2. The number of carbonyl (C=O) groups excluding carboxylic acids is 1. The summed E-state index contributed by atoms with van der Waals surface area (Å²) in [5.74, 6) is 0.412. The number of amides is 1. The fraction of sp³-hybridized carbons (Fsp3) is 0.312. The molecule has 0 radical (unpaired) electrons. The number of hydrogen-bond acceptors (Lipinski definition) is 4. The van der Waals surface area contributed by atoms with Crippen LogP contribution in [0.2, 0.25) is 0 Å². The zero-order chi connectivity index (χ0) is 15.0. The van der Waals surface area contributed by atoms with E-state index in [1.54, 1.807) is 24.6 Å². The molecular weight excluding hydrogens is 282 g/mol. The van der Waals surface area contributed by atoms with Crippen LogP contribution in [-0.2, 0) is 10.2 Å². The summed E-state index contributed by atoms with van der Waals surface area (Å²) in [4.78, 5) is 18.8. The number of nitrogens with one attached hydrogen (secondary N) is 1. The lowest BCUT2D eigenvalue weighted by Crippen LogP contribution is -2.46. The number of likely N-dealkylation sites (tertiary alicyclic amines) is 1. The number of hydrogen-bond donors (Lipinski definition) is 1. The predicted octanol–water partition coefficient (Wildman–Crippen LogP) is 3.30. The zero-order valence-electron chi connectivity index (χ0n) is 12.1. The SMILES string of the molecule is CN1C(=N)C[C@](C)(c2cc(-c3cccnc3)cs2)CC1=O. The molecule has 1 fully saturated rings. The lowest BCUT2D eigenvalue weighted by molar-refractivity contribution is -0.128. The second-order valence-corrected chi connectivity index (χ2v) is 6.67. The molecule has 0 bridgehead atoms. The Balaban J connectivity index is 1.93. The zero-order valence-corrected chi connectivity index (χ0v) is 12.9. The van der Waals surface area contributed by atoms with Crippen LogP contribution in [0.4, 0.5) is 0 Å². The van der Waals surface area contributed by atoms with Crippen molar-refractivity contribution in [3.63, 3.8) is 0 Å². The van der Waals surface area contributed by atoms with Gasteiger partial charge in [-0.05, 0) is 23.1 Å². The van der Waals surface area contributed by atoms with E-state index < -0.39 is 0 Å². The van der Waals surface area contributed by atoms with Gasteiger partial charge in [-0.2, -0.15) is 0 Å². The van der Waals surface area contributed by atoms with Gasteiger partial charge < -0.3 is 4.90 Å². The Labute approximate surface area is 128 Å². The average molecular weight is 299 g/mol. The van der Waals surface area contributed by atoms with E-state index >= 15 is 0 Å². The van der Waals surface area contributed by atoms with Gasteiger partial charge in [-0.25, -0.2) is 0 Å². The van der Waals surface area contributed by atoms with Gasteiger partial charge in [0.15, 0.2) is 0 Å². The van der Waals surface area contributed by atoms with Crippen LogP contribution < -0.4 is 0 Å². The lowest BCUT2D eigenvalue weighted by Gasteiger charge is -2.36. The molecule has 2 aromatic rings. The topological polar surface area (TPSA) is 57.1 Å². The molecule has 0 saturated carbocycles. The highest BCUT2D eigenvalue weighted by Gasteiger charge is 2.39. The van der Waals surface area contributed by atoms with Gasteiger partial charge in [0.2, 0.25) is 5.91 Å². The first kappa shape index (κ1) is 13.9. The molecule has 0 spiro atoms. The van der Waals surface area contributed by atoms with Crippen molar-refractivity contribution < 1.29 is 4.79 Å². The minimum absolute atomic E-state index is 0.0186. The highest BCUT2D eigenvalue weighted by Crippen LogP contribution is 2.40. The highest BCUT2D eigenvalue weighted by molar-refractivity contribution is 7.10. The maximum atomic E-state index is 12.0. The van der Waals surface area contributed by atoms with Crippen LogP contribution in [0.1, 0.15) is 24.6 Å². The van der Waals surface area contributed by atoms with E-state index in [2.05, 4.69) is 23.4 Å². The second-order valence-electron chi connectivity index (χ2n) is 5.75. The summed E-state index contributed by atoms with van der Waals surface area (Å²) in [6.45, 7) is 2.07. The van der Waals surface area contributed by atoms with Gasteiger partial charge in [0.05, 0.1) is 0 Å². The van der Waals surface area contributed by atoms with Crippen molar-refractivity contribution in [3.05, 3.63) is 40.8 Å². The molecule has 1 N–H and O–H groups in total. The van der Waals surface area contributed by atoms with Crippen molar-refractivity contribution in [2.45, 2.75) is 25.2 Å². The summed E-state index contributed by atoms with van der Waals surface area (Å²) in [6, 6.07) is 6.08. The maximum absolute atomic E-state index is 12.0. The van der Waals surface area contributed by atoms with E-state index in [1.807, 2.05) is 18.3 Å². The van der Waals surface area contributed by atoms with Crippen LogP contribution in [0.15, 0.2) is 36.0 Å². The van der Waals surface area contributed by atoms with Gasteiger partial charge >= 0.3 is 0 Å². The van der Waals surface area contributed by atoms with Crippen molar-refractivity contribution in [2.24, 2.45) is 0 Å². The minimum atomic E-state index is -0.272. The third-order valence-electron chi connectivity index (χ3n) is 4.07. The van der Waals surface area contributed by atoms with E-state index in [0.717, 1.165) is 16.0 Å². The third-order valence-corrected chi connectivity index (χ3v) is 5.30. The Kier molecular flexibility index (Phi) is 3.37. The number of piperidine rings is 1. The number of pyridine rings is 1. The van der Waals surface area contributed by atoms with Crippen LogP contribution in [0, 0.1) is 5.41 Å². The summed E-state index contributed by atoms with van der Waals surface area (Å²) < 4.78 is 0. The molecule has 2 aromatic heterocycles. The third kappa shape index (κ3) is 2.49. The van der Waals surface area contributed by atoms with Crippen LogP contribution in [-0.4, -0.2) is 28.7 Å². The first-order chi connectivity index (χ1) is 9.99. The smallest absolute Gasteiger partial charge is 0.228 e. The van der Waals surface area contributed by atoms with Crippen molar-refractivity contribution in [3.8, 4) is 11.1 Å². The predicted molar refractivity (Wildman–Crippen MR) is 84.6 cm³/mol. The molecule has 0 aliphatic carbocycles. The molecule has 1 aliphatic heterocycles. The van der Waals surface area contributed by atoms with E-state index in [0.29, 0.717) is 18.7 Å². The van der Waals surface area contributed by atoms with Gasteiger partial charge in [0, 0.05) is 48.1 Å². The van der Waals surface area contributed by atoms with Crippen molar-refractivity contribution in [1.29, 1.82) is 5.41 Å². The molecular formula is C16H17N3OS. The number of carbonyl (C=O) groups is 1. The van der Waals surface area contributed by atoms with Crippen LogP contribution >= 0.6 is 11.3 Å². The van der Waals surface area contributed by atoms with Crippen LogP contribution in [0.5, 0.6) is 0 Å². The van der Waals surface area contributed by atoms with Gasteiger partial charge in [-0.15, -0.1) is 11.3 Å². The molecule has 1 saturated heterocycles. The molecule has 1 aliphatic rings. The molecule has 1 amide bonds. The second kappa shape index (κ2) is 5.07. The molecule has 1 atom stereocenters. The largest absolute Gasteiger partial charge is 0.304 e. The number of aromatic nitrogens is 1. The Morgan fingerprint density at radius 3 is 2.86 bits per heavy atom. The molecule has 0 aromatic carbocycles. The number of rotatable bonds is 2. The van der Waals surface area contributed by atoms with E-state index in [4.69, 9.17) is 5.41 Å². The van der Waals surface area contributed by atoms with Crippen LogP contribution in [0.25, 0.3) is 11.1 Å². The minimum Gasteiger partial charge on any atom is -0.304 e. The summed E-state index contributed by atoms with van der Waals surface area (Å²) in [5, 5.41) is 10.1. The first-order valence-corrected chi connectivity index (χ1v) is 7.71. The van der Waals surface area contributed by atoms with E-state index in [-0.39, 0.29) is 11.3 Å². The maximum Gasteiger partial charge on any atom is 0.228 e. The van der Waals surface area contributed by atoms with Gasteiger partial charge in [-0.1, -0.05) is 13.0 Å². The molecule has 5 heteroatoms. The molecule has 108 valence electrons. The first-order valence-electron chi connectivity index (χ1n) is 6.83. The summed E-state index contributed by atoms with van der Waals surface area (Å²) in [6.07, 6.45) is 4.66. The van der Waals surface area contributed by atoms with Gasteiger partial charge in [0.25, 0.3) is 0 Å². The monoisotopic (exact) mass is 299 g/mol. The van der Waals surface area contributed by atoms with Crippen molar-refractivity contribution >= 4 is 23.1 Å². The Morgan fingerprint density at radius 2 is 2.19 bits per heavy atom. The molecule has 4 nitrogen and oxygen atoms in total. The molecule has 3 rings (SSSR count). The lowest BCUT2D eigenvalue weighted by atomic mass is 9.78. The normalized spacial score (nSPS) is 22.7. The molecule has 21 heavy (non-hydrogen) atoms. The van der Waals surface area contributed by atoms with Crippen LogP contribution in [0.3, 0.4) is 0 Å². The Bertz CT molecular complexity index is 675. The molecule has 3 heterocycles. The Morgan fingerprint density at radius 1 is 1.38 bits per heavy atom. The fourth-order valence-electron chi connectivity index (χ4n) is 2.67. The average Bonchev–Trinajstić information content (AvgIpc) is 2.96. The summed E-state index contributed by atoms with van der Waals surface area (Å²) in [5.41, 5.74) is 1.94. The Hall–Kier alpha value is -2.01. The summed E-state index contributed by atoms with van der Waals surface area (Å²) >= 11 is 1.66. The van der Waals surface area contributed by atoms with Gasteiger partial charge in [0.1, 0.15) is 5.84 Å². The summed E-state index contributed by atoms with van der Waals surface area (Å²) in [7, 11) is 1.68. The van der Waals surface area contributed by atoms with Crippen molar-refractivity contribution in [1.82, 2.24) is 9.88 Å². The number of amidine groups is 1. The van der Waals surface area contributed by atoms with E-state index in [1.165, 1.54) is 4.90 Å². The van der Waals surface area contributed by atoms with E-state index in [9.17, 15) is 4.79 Å². The van der Waals surface area contributed by atoms with Gasteiger partial charge in [-0.3, -0.25) is 15.2 Å². The number of thiophene rings is 1. The van der Waals surface area contributed by atoms with Crippen molar-refractivity contribution in [2.75, 3.05) is 7.05 Å². The highest BCUT2D eigenvalue weighted by atomic mass is 32.1. The quantitative estimate of drug-likeness (QED) is 0.925. The standard InChI is InChI=1S/C16H17N3OS/c1-16(7-14(17)19(2)15(20)8-16)13-6-12(10-21-13)11-4-3-5-18-9-11/h3-6,9-10,17H,7-8H2,1-2H3/t16-/m0/s1.